The van der Waals surface area contributed by atoms with Crippen molar-refractivity contribution in [1.29, 1.82) is 5.41 Å². The van der Waals surface area contributed by atoms with Gasteiger partial charge in [0, 0.05) is 48.9 Å². The Hall–Kier alpha value is -3.76. The van der Waals surface area contributed by atoms with E-state index in [1.807, 2.05) is 68.7 Å². The van der Waals surface area contributed by atoms with E-state index in [1.165, 1.54) is 6.26 Å². The highest BCUT2D eigenvalue weighted by molar-refractivity contribution is 7.88. The molecule has 1 aliphatic rings. The number of aryl methyl sites for hydroxylation is 2. The molecule has 37 heavy (non-hydrogen) atoms. The van der Waals surface area contributed by atoms with Gasteiger partial charge in [0.15, 0.2) is 0 Å². The summed E-state index contributed by atoms with van der Waals surface area (Å²) in [5, 5.41) is 18.0. The van der Waals surface area contributed by atoms with E-state index >= 15 is 0 Å². The van der Waals surface area contributed by atoms with E-state index in [-0.39, 0.29) is 6.04 Å². The van der Waals surface area contributed by atoms with E-state index in [9.17, 15) is 8.42 Å². The highest BCUT2D eigenvalue weighted by atomic mass is 32.2. The van der Waals surface area contributed by atoms with Crippen LogP contribution in [0, 0.1) is 12.3 Å². The normalized spacial score (nSPS) is 14.7. The molecular weight excluding hydrogens is 486 g/mol. The van der Waals surface area contributed by atoms with E-state index in [0.29, 0.717) is 5.71 Å². The zero-order chi connectivity index (χ0) is 26.2. The monoisotopic (exact) mass is 517 g/mol. The van der Waals surface area contributed by atoms with Gasteiger partial charge in [-0.15, -0.1) is 0 Å². The predicted octanol–water partition coefficient (Wildman–Crippen LogP) is 3.95. The minimum atomic E-state index is -3.19. The van der Waals surface area contributed by atoms with Crippen molar-refractivity contribution >= 4 is 43.8 Å². The number of hydrogen-bond acceptors (Lipinski definition) is 7. The van der Waals surface area contributed by atoms with Crippen molar-refractivity contribution < 1.29 is 8.42 Å². The lowest BCUT2D eigenvalue weighted by atomic mass is 9.96. The molecule has 3 heterocycles. The molecule has 5 rings (SSSR count). The van der Waals surface area contributed by atoms with Crippen LogP contribution in [0.25, 0.3) is 10.9 Å². The van der Waals surface area contributed by atoms with Crippen LogP contribution in [-0.2, 0) is 17.1 Å². The van der Waals surface area contributed by atoms with Crippen LogP contribution < -0.4 is 14.9 Å². The third-order valence-electron chi connectivity index (χ3n) is 6.69. The second-order valence-corrected chi connectivity index (χ2v) is 11.4. The first kappa shape index (κ1) is 24.9. The second-order valence-electron chi connectivity index (χ2n) is 9.60. The van der Waals surface area contributed by atoms with Gasteiger partial charge < -0.3 is 10.2 Å². The molecule has 192 valence electrons. The number of piperidine rings is 1. The van der Waals surface area contributed by atoms with E-state index in [0.717, 1.165) is 70.7 Å². The van der Waals surface area contributed by atoms with Crippen molar-refractivity contribution in [3.63, 3.8) is 0 Å². The highest BCUT2D eigenvalue weighted by Gasteiger charge is 2.22. The molecule has 1 saturated heterocycles. The lowest BCUT2D eigenvalue weighted by molar-refractivity contribution is 0.460. The Balaban J connectivity index is 1.34. The number of nitrogens with zero attached hydrogens (tertiary/aromatic N) is 4. The molecule has 0 radical (unpaired) electrons. The molecule has 0 atom stereocenters. The number of hydrogen-bond donors (Lipinski definition) is 3. The Labute approximate surface area is 217 Å². The molecule has 1 fully saturated rings. The number of nitrogens with one attached hydrogen (secondary N) is 3. The van der Waals surface area contributed by atoms with E-state index < -0.39 is 10.0 Å². The molecule has 3 N–H and O–H groups in total. The lowest BCUT2D eigenvalue weighted by Gasteiger charge is -2.32. The first-order valence-electron chi connectivity index (χ1n) is 12.2. The van der Waals surface area contributed by atoms with Crippen molar-refractivity contribution in [3.05, 3.63) is 77.6 Å². The Morgan fingerprint density at radius 2 is 1.78 bits per heavy atom. The first-order valence-corrected chi connectivity index (χ1v) is 14.1. The first-order chi connectivity index (χ1) is 17.7. The minimum absolute atomic E-state index is 0.0282. The number of anilines is 3. The van der Waals surface area contributed by atoms with Crippen molar-refractivity contribution in [1.82, 2.24) is 19.5 Å². The van der Waals surface area contributed by atoms with Crippen LogP contribution in [0.5, 0.6) is 0 Å². The highest BCUT2D eigenvalue weighted by Crippen LogP contribution is 2.30. The van der Waals surface area contributed by atoms with Crippen LogP contribution in [0.4, 0.5) is 17.2 Å². The van der Waals surface area contributed by atoms with Gasteiger partial charge in [-0.05, 0) is 43.5 Å². The molecule has 0 unspecified atom stereocenters. The molecule has 0 aliphatic carbocycles. The second kappa shape index (κ2) is 9.95. The Bertz CT molecular complexity index is 1550. The summed E-state index contributed by atoms with van der Waals surface area (Å²) in [5.41, 5.74) is 5.67. The van der Waals surface area contributed by atoms with Crippen LogP contribution >= 0.6 is 0 Å². The largest absolute Gasteiger partial charge is 0.357 e. The summed E-state index contributed by atoms with van der Waals surface area (Å²) in [6, 6.07) is 15.8. The maximum absolute atomic E-state index is 11.5. The molecule has 2 aromatic carbocycles. The number of benzene rings is 2. The van der Waals surface area contributed by atoms with Gasteiger partial charge in [0.25, 0.3) is 0 Å². The summed E-state index contributed by atoms with van der Waals surface area (Å²) in [6.07, 6.45) is 6.44. The number of rotatable bonds is 7. The Morgan fingerprint density at radius 3 is 2.49 bits per heavy atom. The summed E-state index contributed by atoms with van der Waals surface area (Å²) in [4.78, 5) is 6.84. The predicted molar refractivity (Wildman–Crippen MR) is 149 cm³/mol. The van der Waals surface area contributed by atoms with Gasteiger partial charge in [0.1, 0.15) is 5.82 Å². The summed E-state index contributed by atoms with van der Waals surface area (Å²) in [6.45, 7) is 3.51. The van der Waals surface area contributed by atoms with Gasteiger partial charge in [-0.2, -0.15) is 5.10 Å². The SMILES string of the molecule is Cc1cccc(C(=N)c2cccc3nn(C)cc23)c1Nc1ccc(N2CCC(NS(C)(=O)=O)CC2)nc1. The van der Waals surface area contributed by atoms with Gasteiger partial charge in [0.05, 0.1) is 35.1 Å². The van der Waals surface area contributed by atoms with Crippen molar-refractivity contribution in [2.45, 2.75) is 25.8 Å². The van der Waals surface area contributed by atoms with Crippen LogP contribution in [0.1, 0.15) is 29.5 Å². The van der Waals surface area contributed by atoms with Gasteiger partial charge in [0.2, 0.25) is 10.0 Å². The Kier molecular flexibility index (Phi) is 6.70. The number of fused-ring (bicyclic) bond motifs is 1. The van der Waals surface area contributed by atoms with E-state index in [1.54, 1.807) is 10.9 Å². The number of aromatic nitrogens is 3. The van der Waals surface area contributed by atoms with Gasteiger partial charge in [-0.25, -0.2) is 18.1 Å². The summed E-state index contributed by atoms with van der Waals surface area (Å²) in [5.74, 6) is 0.865. The van der Waals surface area contributed by atoms with Crippen LogP contribution in [0.2, 0.25) is 0 Å². The quantitative estimate of drug-likeness (QED) is 0.320. The molecule has 4 aromatic rings. The van der Waals surface area contributed by atoms with Gasteiger partial charge >= 0.3 is 0 Å². The standard InChI is InChI=1S/C27H31N7O2S/c1-18-6-4-8-22(26(28)21-7-5-9-24-23(21)17-33(2)31-24)27(18)30-20-10-11-25(29-16-20)34-14-12-19(13-15-34)32-37(3,35)36/h4-11,16-17,19,28,30,32H,12-15H2,1-3H3. The number of para-hydroxylation sites is 1. The third kappa shape index (κ3) is 5.50. The van der Waals surface area contributed by atoms with Crippen LogP contribution in [-0.4, -0.2) is 54.3 Å². The van der Waals surface area contributed by atoms with Gasteiger partial charge in [-0.1, -0.05) is 30.3 Å². The molecule has 1 aliphatic heterocycles. The maximum Gasteiger partial charge on any atom is 0.208 e. The molecule has 10 heteroatoms. The fourth-order valence-electron chi connectivity index (χ4n) is 4.89. The average Bonchev–Trinajstić information content (AvgIpc) is 3.25. The zero-order valence-corrected chi connectivity index (χ0v) is 22.0. The van der Waals surface area contributed by atoms with Crippen LogP contribution in [0.15, 0.2) is 60.9 Å². The fraction of sp³-hybridized carbons (Fsp3) is 0.296. The van der Waals surface area contributed by atoms with E-state index in [4.69, 9.17) is 5.41 Å². The molecule has 0 bridgehead atoms. The minimum Gasteiger partial charge on any atom is -0.357 e. The summed E-state index contributed by atoms with van der Waals surface area (Å²) >= 11 is 0. The van der Waals surface area contributed by atoms with Crippen molar-refractivity contribution in [3.8, 4) is 0 Å². The summed E-state index contributed by atoms with van der Waals surface area (Å²) < 4.78 is 27.5. The fourth-order valence-corrected chi connectivity index (χ4v) is 5.73. The maximum atomic E-state index is 11.5. The molecule has 9 nitrogen and oxygen atoms in total. The lowest BCUT2D eigenvalue weighted by Crippen LogP contribution is -2.44. The van der Waals surface area contributed by atoms with Crippen molar-refractivity contribution in [2.24, 2.45) is 7.05 Å². The third-order valence-corrected chi connectivity index (χ3v) is 7.45. The van der Waals surface area contributed by atoms with Crippen molar-refractivity contribution in [2.75, 3.05) is 29.6 Å². The molecule has 0 saturated carbocycles. The number of pyridine rings is 1. The van der Waals surface area contributed by atoms with E-state index in [2.05, 4.69) is 25.0 Å². The van der Waals surface area contributed by atoms with Gasteiger partial charge in [-0.3, -0.25) is 10.1 Å². The Morgan fingerprint density at radius 1 is 1.05 bits per heavy atom. The molecule has 0 amide bonds. The molecular formula is C27H31N7O2S. The number of sulfonamides is 1. The molecule has 0 spiro atoms. The van der Waals surface area contributed by atoms with Crippen LogP contribution in [0.3, 0.4) is 0 Å². The smallest absolute Gasteiger partial charge is 0.208 e. The topological polar surface area (TPSA) is 116 Å². The molecule has 2 aromatic heterocycles. The summed E-state index contributed by atoms with van der Waals surface area (Å²) in [7, 11) is -1.31. The zero-order valence-electron chi connectivity index (χ0n) is 21.2. The average molecular weight is 518 g/mol.